The van der Waals surface area contributed by atoms with Crippen LogP contribution < -0.4 is 5.73 Å². The monoisotopic (exact) mass is 258 g/mol. The summed E-state index contributed by atoms with van der Waals surface area (Å²) in [7, 11) is 0. The largest absolute Gasteiger partial charge is 0.480 e. The van der Waals surface area contributed by atoms with Crippen LogP contribution >= 0.6 is 0 Å². The van der Waals surface area contributed by atoms with E-state index in [1.54, 1.807) is 0 Å². The van der Waals surface area contributed by atoms with E-state index >= 15 is 0 Å². The van der Waals surface area contributed by atoms with E-state index in [0.717, 1.165) is 0 Å². The minimum atomic E-state index is -1.01. The summed E-state index contributed by atoms with van der Waals surface area (Å²) in [5.74, 6) is -1.23. The van der Waals surface area contributed by atoms with Gasteiger partial charge in [-0.1, -0.05) is 20.8 Å². The van der Waals surface area contributed by atoms with E-state index in [1.165, 1.54) is 4.90 Å². The van der Waals surface area contributed by atoms with Crippen molar-refractivity contribution in [3.8, 4) is 0 Å². The van der Waals surface area contributed by atoms with Crippen LogP contribution in [0.2, 0.25) is 0 Å². The van der Waals surface area contributed by atoms with Gasteiger partial charge in [0.15, 0.2) is 0 Å². The standard InChI is InChI=1S/C13H26N2O3/c1-12(2,3)9(14)7-10(16)15(8-11(17)18)13(4,5)6/h9H,7-8,14H2,1-6H3,(H,17,18). The highest BCUT2D eigenvalue weighted by molar-refractivity contribution is 5.82. The van der Waals surface area contributed by atoms with Crippen molar-refractivity contribution >= 4 is 11.9 Å². The predicted molar refractivity (Wildman–Crippen MR) is 71.1 cm³/mol. The Kier molecular flexibility index (Phi) is 5.35. The van der Waals surface area contributed by atoms with Crippen molar-refractivity contribution in [3.05, 3.63) is 0 Å². The first-order valence-corrected chi connectivity index (χ1v) is 6.13. The molecule has 1 atom stereocenters. The lowest BCUT2D eigenvalue weighted by molar-refractivity contribution is -0.148. The minimum absolute atomic E-state index is 0.161. The lowest BCUT2D eigenvalue weighted by Crippen LogP contribution is -2.51. The highest BCUT2D eigenvalue weighted by atomic mass is 16.4. The summed E-state index contributed by atoms with van der Waals surface area (Å²) in [6.45, 7) is 11.0. The highest BCUT2D eigenvalue weighted by Crippen LogP contribution is 2.22. The van der Waals surface area contributed by atoms with Crippen LogP contribution in [0.15, 0.2) is 0 Å². The lowest BCUT2D eigenvalue weighted by atomic mass is 9.85. The van der Waals surface area contributed by atoms with E-state index in [4.69, 9.17) is 10.8 Å². The van der Waals surface area contributed by atoms with E-state index in [-0.39, 0.29) is 30.3 Å². The normalized spacial score (nSPS) is 14.2. The molecular weight excluding hydrogens is 232 g/mol. The number of carboxylic acids is 1. The van der Waals surface area contributed by atoms with Crippen LogP contribution in [0.4, 0.5) is 0 Å². The molecule has 0 bridgehead atoms. The molecule has 106 valence electrons. The first-order chi connectivity index (χ1) is 7.85. The molecule has 0 aliphatic heterocycles. The van der Waals surface area contributed by atoms with E-state index < -0.39 is 11.5 Å². The summed E-state index contributed by atoms with van der Waals surface area (Å²) in [6.07, 6.45) is 0.161. The molecule has 0 aliphatic carbocycles. The SMILES string of the molecule is CC(C)(C)C(N)CC(=O)N(CC(=O)O)C(C)(C)C. The average molecular weight is 258 g/mol. The van der Waals surface area contributed by atoms with E-state index in [1.807, 2.05) is 41.5 Å². The van der Waals surface area contributed by atoms with Gasteiger partial charge in [-0.3, -0.25) is 9.59 Å². The Balaban J connectivity index is 4.84. The molecule has 0 radical (unpaired) electrons. The average Bonchev–Trinajstić information content (AvgIpc) is 2.10. The molecule has 1 amide bonds. The Bertz CT molecular complexity index is 313. The van der Waals surface area contributed by atoms with Gasteiger partial charge in [0.25, 0.3) is 0 Å². The summed E-state index contributed by atoms with van der Waals surface area (Å²) in [5, 5.41) is 8.86. The van der Waals surface area contributed by atoms with Crippen LogP contribution in [-0.4, -0.2) is 40.0 Å². The number of carbonyl (C=O) groups excluding carboxylic acids is 1. The zero-order chi connectivity index (χ0) is 14.7. The van der Waals surface area contributed by atoms with Gasteiger partial charge in [0, 0.05) is 18.0 Å². The van der Waals surface area contributed by atoms with Gasteiger partial charge in [0.05, 0.1) is 0 Å². The first kappa shape index (κ1) is 16.9. The van der Waals surface area contributed by atoms with Crippen molar-refractivity contribution < 1.29 is 14.7 Å². The van der Waals surface area contributed by atoms with Gasteiger partial charge in [0.2, 0.25) is 5.91 Å². The Labute approximate surface area is 109 Å². The number of carbonyl (C=O) groups is 2. The maximum Gasteiger partial charge on any atom is 0.323 e. The Morgan fingerprint density at radius 3 is 1.89 bits per heavy atom. The van der Waals surface area contributed by atoms with Crippen molar-refractivity contribution in [1.29, 1.82) is 0 Å². The van der Waals surface area contributed by atoms with Crippen molar-refractivity contribution in [1.82, 2.24) is 4.90 Å². The third-order valence-corrected chi connectivity index (χ3v) is 2.91. The molecule has 0 aromatic rings. The molecule has 18 heavy (non-hydrogen) atoms. The molecule has 5 heteroatoms. The smallest absolute Gasteiger partial charge is 0.323 e. The quantitative estimate of drug-likeness (QED) is 0.799. The molecule has 0 fully saturated rings. The molecule has 5 nitrogen and oxygen atoms in total. The number of amides is 1. The van der Waals surface area contributed by atoms with Crippen LogP contribution in [-0.2, 0) is 9.59 Å². The van der Waals surface area contributed by atoms with E-state index in [2.05, 4.69) is 0 Å². The maximum atomic E-state index is 12.2. The third-order valence-electron chi connectivity index (χ3n) is 2.91. The summed E-state index contributed by atoms with van der Waals surface area (Å²) in [5.41, 5.74) is 5.27. The number of hydrogen-bond acceptors (Lipinski definition) is 3. The number of nitrogens with two attached hydrogens (primary N) is 1. The Morgan fingerprint density at radius 1 is 1.17 bits per heavy atom. The summed E-state index contributed by atoms with van der Waals surface area (Å²) < 4.78 is 0. The molecule has 0 aromatic heterocycles. The third kappa shape index (κ3) is 5.49. The molecule has 3 N–H and O–H groups in total. The predicted octanol–water partition coefficient (Wildman–Crippen LogP) is 1.46. The summed E-state index contributed by atoms with van der Waals surface area (Å²) in [4.78, 5) is 24.3. The van der Waals surface area contributed by atoms with Gasteiger partial charge in [-0.2, -0.15) is 0 Å². The van der Waals surface area contributed by atoms with Crippen LogP contribution in [0.5, 0.6) is 0 Å². The maximum absolute atomic E-state index is 12.2. The second kappa shape index (κ2) is 5.69. The second-order valence-electron chi connectivity index (χ2n) is 6.72. The summed E-state index contributed by atoms with van der Waals surface area (Å²) in [6, 6.07) is -0.288. The molecule has 0 rings (SSSR count). The van der Waals surface area contributed by atoms with Gasteiger partial charge >= 0.3 is 5.97 Å². The number of rotatable bonds is 4. The zero-order valence-electron chi connectivity index (χ0n) is 12.3. The van der Waals surface area contributed by atoms with E-state index in [9.17, 15) is 9.59 Å². The van der Waals surface area contributed by atoms with Gasteiger partial charge in [-0.05, 0) is 26.2 Å². The van der Waals surface area contributed by atoms with E-state index in [0.29, 0.717) is 0 Å². The van der Waals surface area contributed by atoms with Crippen molar-refractivity contribution in [2.75, 3.05) is 6.54 Å². The number of carboxylic acid groups (broad SMARTS) is 1. The number of hydrogen-bond donors (Lipinski definition) is 2. The fraction of sp³-hybridized carbons (Fsp3) is 0.846. The first-order valence-electron chi connectivity index (χ1n) is 6.13. The molecule has 0 saturated carbocycles. The molecule has 0 aliphatic rings. The molecule has 0 heterocycles. The molecule has 1 unspecified atom stereocenters. The van der Waals surface area contributed by atoms with Crippen molar-refractivity contribution in [2.24, 2.45) is 11.1 Å². The number of aliphatic carboxylic acids is 1. The molecular formula is C13H26N2O3. The van der Waals surface area contributed by atoms with Crippen LogP contribution in [0, 0.1) is 5.41 Å². The number of nitrogens with zero attached hydrogens (tertiary/aromatic N) is 1. The topological polar surface area (TPSA) is 83.6 Å². The Morgan fingerprint density at radius 2 is 1.61 bits per heavy atom. The van der Waals surface area contributed by atoms with Crippen LogP contribution in [0.1, 0.15) is 48.0 Å². The van der Waals surface area contributed by atoms with Gasteiger partial charge < -0.3 is 15.7 Å². The fourth-order valence-electron chi connectivity index (χ4n) is 1.44. The molecule has 0 spiro atoms. The second-order valence-corrected chi connectivity index (χ2v) is 6.72. The van der Waals surface area contributed by atoms with Gasteiger partial charge in [0.1, 0.15) is 6.54 Å². The highest BCUT2D eigenvalue weighted by Gasteiger charge is 2.31. The zero-order valence-corrected chi connectivity index (χ0v) is 12.3. The van der Waals surface area contributed by atoms with Gasteiger partial charge in [-0.25, -0.2) is 0 Å². The van der Waals surface area contributed by atoms with Crippen molar-refractivity contribution in [2.45, 2.75) is 59.5 Å². The minimum Gasteiger partial charge on any atom is -0.480 e. The van der Waals surface area contributed by atoms with Gasteiger partial charge in [-0.15, -0.1) is 0 Å². The summed E-state index contributed by atoms with van der Waals surface area (Å²) >= 11 is 0. The van der Waals surface area contributed by atoms with Crippen LogP contribution in [0.25, 0.3) is 0 Å². The van der Waals surface area contributed by atoms with Crippen molar-refractivity contribution in [3.63, 3.8) is 0 Å². The Hall–Kier alpha value is -1.10. The van der Waals surface area contributed by atoms with Crippen LogP contribution in [0.3, 0.4) is 0 Å². The molecule has 0 aromatic carbocycles. The fourth-order valence-corrected chi connectivity index (χ4v) is 1.44. The lowest BCUT2D eigenvalue weighted by Gasteiger charge is -2.36. The molecule has 0 saturated heterocycles.